The standard InChI is InChI=1S/C20H32IN5O5Si/c1-10(2)16(28)24-19-23-15-14(17(29)25-19)22-18(21)26(15)13-8-11(27)12(31-13)9-30-32(6,7)20(3,4)5/h10-13,27H,8-9H2,1-7H3,(H2,23,24,25,28,29)/t11-,12-,13-/m0/s1. The normalized spacial score (nSPS) is 22.1. The van der Waals surface area contributed by atoms with Gasteiger partial charge in [0.05, 0.1) is 12.7 Å². The average molecular weight is 577 g/mol. The predicted octanol–water partition coefficient (Wildman–Crippen LogP) is 2.99. The highest BCUT2D eigenvalue weighted by atomic mass is 127. The lowest BCUT2D eigenvalue weighted by molar-refractivity contribution is -0.118. The van der Waals surface area contributed by atoms with E-state index in [4.69, 9.17) is 9.16 Å². The van der Waals surface area contributed by atoms with Gasteiger partial charge in [-0.05, 0) is 18.1 Å². The van der Waals surface area contributed by atoms with Crippen LogP contribution in [-0.4, -0.2) is 57.7 Å². The molecule has 2 aromatic heterocycles. The van der Waals surface area contributed by atoms with Gasteiger partial charge < -0.3 is 14.3 Å². The third kappa shape index (κ3) is 5.08. The quantitative estimate of drug-likeness (QED) is 0.273. The maximum atomic E-state index is 12.5. The van der Waals surface area contributed by atoms with Crippen molar-refractivity contribution in [1.29, 1.82) is 0 Å². The van der Waals surface area contributed by atoms with Gasteiger partial charge in [0.15, 0.2) is 23.3 Å². The maximum Gasteiger partial charge on any atom is 0.280 e. The number of carbonyl (C=O) groups is 1. The number of aliphatic hydroxyl groups is 1. The van der Waals surface area contributed by atoms with E-state index >= 15 is 0 Å². The molecule has 3 heterocycles. The van der Waals surface area contributed by atoms with E-state index in [0.29, 0.717) is 22.5 Å². The molecular formula is C20H32IN5O5Si. The zero-order chi connectivity index (χ0) is 24.0. The van der Waals surface area contributed by atoms with Gasteiger partial charge >= 0.3 is 0 Å². The molecule has 0 bridgehead atoms. The summed E-state index contributed by atoms with van der Waals surface area (Å²) in [4.78, 5) is 35.9. The predicted molar refractivity (Wildman–Crippen MR) is 132 cm³/mol. The van der Waals surface area contributed by atoms with Crippen LogP contribution in [0.3, 0.4) is 0 Å². The number of carbonyl (C=O) groups excluding carboxylic acids is 1. The van der Waals surface area contributed by atoms with Crippen molar-refractivity contribution in [2.45, 2.75) is 77.6 Å². The van der Waals surface area contributed by atoms with Crippen molar-refractivity contribution in [2.24, 2.45) is 5.92 Å². The first-order valence-electron chi connectivity index (χ1n) is 10.7. The van der Waals surface area contributed by atoms with E-state index in [2.05, 4.69) is 54.1 Å². The largest absolute Gasteiger partial charge is 0.414 e. The van der Waals surface area contributed by atoms with Crippen molar-refractivity contribution >= 4 is 53.9 Å². The Bertz CT molecular complexity index is 1060. The smallest absolute Gasteiger partial charge is 0.280 e. The number of hydrogen-bond acceptors (Lipinski definition) is 7. The first kappa shape index (κ1) is 25.3. The molecule has 1 amide bonds. The Kier molecular flexibility index (Phi) is 7.20. The number of H-pyrrole nitrogens is 1. The number of imidazole rings is 1. The highest BCUT2D eigenvalue weighted by Crippen LogP contribution is 2.38. The van der Waals surface area contributed by atoms with Gasteiger partial charge in [-0.2, -0.15) is 4.98 Å². The number of nitrogens with one attached hydrogen (secondary N) is 2. The molecule has 1 saturated heterocycles. The second-order valence-electron chi connectivity index (χ2n) is 9.99. The van der Waals surface area contributed by atoms with Crippen molar-refractivity contribution < 1.29 is 19.1 Å². The van der Waals surface area contributed by atoms with Gasteiger partial charge in [0.25, 0.3) is 5.56 Å². The summed E-state index contributed by atoms with van der Waals surface area (Å²) in [6, 6.07) is 0. The zero-order valence-corrected chi connectivity index (χ0v) is 22.7. The second kappa shape index (κ2) is 9.12. The number of amides is 1. The molecule has 32 heavy (non-hydrogen) atoms. The fourth-order valence-electron chi connectivity index (χ4n) is 3.06. The van der Waals surface area contributed by atoms with Crippen molar-refractivity contribution in [3.63, 3.8) is 0 Å². The van der Waals surface area contributed by atoms with E-state index in [1.807, 2.05) is 22.6 Å². The molecule has 0 aliphatic carbocycles. The van der Waals surface area contributed by atoms with Gasteiger partial charge in [-0.3, -0.25) is 24.5 Å². The minimum atomic E-state index is -1.99. The Morgan fingerprint density at radius 3 is 2.66 bits per heavy atom. The minimum absolute atomic E-state index is 0.0493. The molecule has 2 aromatic rings. The van der Waals surface area contributed by atoms with Gasteiger partial charge in [-0.15, -0.1) is 0 Å². The van der Waals surface area contributed by atoms with Crippen LogP contribution in [0, 0.1) is 9.75 Å². The third-order valence-electron chi connectivity index (χ3n) is 6.18. The number of ether oxygens (including phenoxy) is 1. The Labute approximate surface area is 201 Å². The fourth-order valence-corrected chi connectivity index (χ4v) is 4.86. The van der Waals surface area contributed by atoms with Crippen LogP contribution < -0.4 is 10.9 Å². The van der Waals surface area contributed by atoms with Gasteiger partial charge in [0.2, 0.25) is 11.9 Å². The van der Waals surface area contributed by atoms with Crippen LogP contribution in [0.15, 0.2) is 4.79 Å². The molecule has 1 fully saturated rings. The van der Waals surface area contributed by atoms with Crippen LogP contribution in [0.25, 0.3) is 11.2 Å². The topological polar surface area (TPSA) is 131 Å². The lowest BCUT2D eigenvalue weighted by atomic mass is 10.2. The summed E-state index contributed by atoms with van der Waals surface area (Å²) in [5, 5.41) is 13.3. The van der Waals surface area contributed by atoms with Crippen molar-refractivity contribution in [1.82, 2.24) is 19.5 Å². The van der Waals surface area contributed by atoms with Crippen LogP contribution in [0.2, 0.25) is 18.1 Å². The van der Waals surface area contributed by atoms with Crippen LogP contribution in [0.5, 0.6) is 0 Å². The molecule has 0 aromatic carbocycles. The molecule has 0 unspecified atom stereocenters. The number of aromatic nitrogens is 4. The lowest BCUT2D eigenvalue weighted by Crippen LogP contribution is -2.43. The SMILES string of the molecule is CC(C)C(=O)Nc1nc2c(nc(I)n2[C@@H]2C[C@H](O)[C@H](CO[Si](C)(C)C(C)(C)C)O2)c(=O)[nH]1. The van der Waals surface area contributed by atoms with Crippen LogP contribution in [-0.2, 0) is 14.0 Å². The van der Waals surface area contributed by atoms with E-state index in [9.17, 15) is 14.7 Å². The molecule has 3 N–H and O–H groups in total. The highest BCUT2D eigenvalue weighted by Gasteiger charge is 2.41. The maximum absolute atomic E-state index is 12.5. The van der Waals surface area contributed by atoms with E-state index in [1.54, 1.807) is 18.4 Å². The molecular weight excluding hydrogens is 545 g/mol. The molecule has 0 radical (unpaired) electrons. The molecule has 3 atom stereocenters. The van der Waals surface area contributed by atoms with Gasteiger partial charge in [-0.1, -0.05) is 34.6 Å². The summed E-state index contributed by atoms with van der Waals surface area (Å²) in [6.07, 6.45) is -1.46. The van der Waals surface area contributed by atoms with Gasteiger partial charge in [0.1, 0.15) is 12.3 Å². The molecule has 1 aliphatic heterocycles. The number of rotatable bonds is 6. The highest BCUT2D eigenvalue weighted by molar-refractivity contribution is 14.1. The molecule has 3 rings (SSSR count). The number of aliphatic hydroxyl groups excluding tert-OH is 1. The molecule has 178 valence electrons. The van der Waals surface area contributed by atoms with E-state index in [1.165, 1.54) is 0 Å². The summed E-state index contributed by atoms with van der Waals surface area (Å²) in [7, 11) is -1.99. The van der Waals surface area contributed by atoms with Crippen LogP contribution in [0.1, 0.15) is 47.3 Å². The summed E-state index contributed by atoms with van der Waals surface area (Å²) in [6.45, 7) is 14.6. The van der Waals surface area contributed by atoms with Crippen molar-refractivity contribution in [3.8, 4) is 0 Å². The van der Waals surface area contributed by atoms with E-state index < -0.39 is 32.3 Å². The molecule has 1 aliphatic rings. The second-order valence-corrected chi connectivity index (χ2v) is 15.8. The number of fused-ring (bicyclic) bond motifs is 1. The van der Waals surface area contributed by atoms with E-state index in [-0.39, 0.29) is 28.3 Å². The first-order valence-corrected chi connectivity index (χ1v) is 14.7. The number of nitrogens with zero attached hydrogens (tertiary/aromatic N) is 3. The number of anilines is 1. The van der Waals surface area contributed by atoms with E-state index in [0.717, 1.165) is 0 Å². The summed E-state index contributed by atoms with van der Waals surface area (Å²) >= 11 is 2.01. The number of hydrogen-bond donors (Lipinski definition) is 3. The van der Waals surface area contributed by atoms with Crippen molar-refractivity contribution in [3.05, 3.63) is 14.2 Å². The van der Waals surface area contributed by atoms with Gasteiger partial charge in [0, 0.05) is 34.9 Å². The first-order chi connectivity index (χ1) is 14.7. The molecule has 0 spiro atoms. The molecule has 10 nitrogen and oxygen atoms in total. The van der Waals surface area contributed by atoms with Crippen molar-refractivity contribution in [2.75, 3.05) is 11.9 Å². The Balaban J connectivity index is 1.86. The number of aromatic amines is 1. The molecule has 12 heteroatoms. The Hall–Kier alpha value is -1.35. The summed E-state index contributed by atoms with van der Waals surface area (Å²) in [5.41, 5.74) is -0.0153. The lowest BCUT2D eigenvalue weighted by Gasteiger charge is -2.37. The van der Waals surface area contributed by atoms with Gasteiger partial charge in [-0.25, -0.2) is 4.98 Å². The van der Waals surface area contributed by atoms with Crippen LogP contribution in [0.4, 0.5) is 5.95 Å². The summed E-state index contributed by atoms with van der Waals surface area (Å²) in [5.74, 6) is -0.477. The third-order valence-corrected chi connectivity index (χ3v) is 11.4. The number of halogens is 1. The monoisotopic (exact) mass is 577 g/mol. The van der Waals surface area contributed by atoms with Crippen LogP contribution >= 0.6 is 22.6 Å². The summed E-state index contributed by atoms with van der Waals surface area (Å²) < 4.78 is 14.6. The zero-order valence-electron chi connectivity index (χ0n) is 19.5. The average Bonchev–Trinajstić information content (AvgIpc) is 3.18. The Morgan fingerprint density at radius 1 is 1.41 bits per heavy atom. The molecule has 0 saturated carbocycles. The Morgan fingerprint density at radius 2 is 2.06 bits per heavy atom. The fraction of sp³-hybridized carbons (Fsp3) is 0.700. The minimum Gasteiger partial charge on any atom is -0.414 e.